The molecule has 0 radical (unpaired) electrons. The summed E-state index contributed by atoms with van der Waals surface area (Å²) in [5.41, 5.74) is 1.63. The van der Waals surface area contributed by atoms with Crippen LogP contribution in [0.5, 0.6) is 0 Å². The molecule has 0 fully saturated rings. The fraction of sp³-hybridized carbons (Fsp3) is 0.217. The Balaban J connectivity index is 1.87. The minimum absolute atomic E-state index is 0.159. The summed E-state index contributed by atoms with van der Waals surface area (Å²) >= 11 is 7.60. The maximum atomic E-state index is 12.5. The van der Waals surface area contributed by atoms with E-state index < -0.39 is 5.97 Å². The Morgan fingerprint density at radius 2 is 1.97 bits per heavy atom. The van der Waals surface area contributed by atoms with Crippen LogP contribution in [0.2, 0.25) is 5.02 Å². The molecule has 0 aliphatic carbocycles. The minimum Gasteiger partial charge on any atom is -0.478 e. The van der Waals surface area contributed by atoms with Crippen LogP contribution >= 0.6 is 22.9 Å². The quantitative estimate of drug-likeness (QED) is 0.416. The highest BCUT2D eigenvalue weighted by Crippen LogP contribution is 2.28. The number of hydrogen-bond acceptors (Lipinski definition) is 4. The van der Waals surface area contributed by atoms with Crippen molar-refractivity contribution in [1.29, 1.82) is 0 Å². The number of rotatable bonds is 9. The van der Waals surface area contributed by atoms with Crippen molar-refractivity contribution in [3.05, 3.63) is 81.0 Å². The van der Waals surface area contributed by atoms with Crippen LogP contribution in [0, 0.1) is 0 Å². The molecule has 1 heterocycles. The van der Waals surface area contributed by atoms with Gasteiger partial charge in [-0.15, -0.1) is 11.3 Å². The second-order valence-corrected chi connectivity index (χ2v) is 8.32. The molecule has 0 atom stereocenters. The predicted molar refractivity (Wildman–Crippen MR) is 123 cm³/mol. The second kappa shape index (κ2) is 10.3. The Morgan fingerprint density at radius 3 is 2.63 bits per heavy atom. The van der Waals surface area contributed by atoms with E-state index in [4.69, 9.17) is 11.6 Å². The van der Waals surface area contributed by atoms with E-state index in [1.807, 2.05) is 17.5 Å². The van der Waals surface area contributed by atoms with Crippen molar-refractivity contribution in [2.75, 3.05) is 16.8 Å². The smallest absolute Gasteiger partial charge is 0.337 e. The number of thiophene rings is 1. The Kier molecular flexibility index (Phi) is 7.49. The summed E-state index contributed by atoms with van der Waals surface area (Å²) in [5, 5.41) is 15.1. The molecule has 1 aromatic heterocycles. The number of anilines is 2. The number of unbranched alkanes of at least 4 members (excludes halogenated alkanes) is 1. The van der Waals surface area contributed by atoms with Crippen LogP contribution in [0.1, 0.15) is 45.4 Å². The first-order chi connectivity index (χ1) is 14.5. The fourth-order valence-electron chi connectivity index (χ4n) is 3.12. The average Bonchev–Trinajstić information content (AvgIpc) is 3.24. The molecule has 0 aliphatic heterocycles. The summed E-state index contributed by atoms with van der Waals surface area (Å²) in [5.74, 6) is -1.38. The number of nitrogens with zero attached hydrogens (tertiary/aromatic N) is 1. The van der Waals surface area contributed by atoms with Crippen molar-refractivity contribution in [2.24, 2.45) is 0 Å². The van der Waals surface area contributed by atoms with Crippen LogP contribution in [0.3, 0.4) is 0 Å². The highest BCUT2D eigenvalue weighted by atomic mass is 35.5. The van der Waals surface area contributed by atoms with E-state index in [2.05, 4.69) is 17.1 Å². The Hall–Kier alpha value is -2.83. The summed E-state index contributed by atoms with van der Waals surface area (Å²) in [6, 6.07) is 15.6. The summed E-state index contributed by atoms with van der Waals surface area (Å²) in [4.78, 5) is 27.7. The largest absolute Gasteiger partial charge is 0.478 e. The molecule has 0 saturated heterocycles. The van der Waals surface area contributed by atoms with Gasteiger partial charge in [0, 0.05) is 27.7 Å². The molecule has 0 unspecified atom stereocenters. The van der Waals surface area contributed by atoms with E-state index in [1.165, 1.54) is 10.9 Å². The fourth-order valence-corrected chi connectivity index (χ4v) is 4.03. The molecule has 7 heteroatoms. The minimum atomic E-state index is -1.03. The number of hydrogen-bond donors (Lipinski definition) is 2. The third-order valence-electron chi connectivity index (χ3n) is 4.62. The number of carboxylic acids is 1. The number of carboxylic acid groups (broad SMARTS) is 1. The summed E-state index contributed by atoms with van der Waals surface area (Å²) in [6.07, 6.45) is 1.97. The van der Waals surface area contributed by atoms with Gasteiger partial charge in [0.2, 0.25) is 0 Å². The molecule has 3 rings (SSSR count). The van der Waals surface area contributed by atoms with Crippen molar-refractivity contribution >= 4 is 46.2 Å². The van der Waals surface area contributed by atoms with Crippen molar-refractivity contribution in [2.45, 2.75) is 26.3 Å². The van der Waals surface area contributed by atoms with E-state index >= 15 is 0 Å². The zero-order chi connectivity index (χ0) is 21.5. The molecule has 0 bridgehead atoms. The van der Waals surface area contributed by atoms with Crippen LogP contribution in [-0.4, -0.2) is 23.5 Å². The molecule has 156 valence electrons. The van der Waals surface area contributed by atoms with Crippen LogP contribution < -0.4 is 10.2 Å². The third-order valence-corrected chi connectivity index (χ3v) is 5.72. The van der Waals surface area contributed by atoms with Gasteiger partial charge in [-0.3, -0.25) is 4.79 Å². The number of nitrogens with one attached hydrogen (secondary N) is 1. The Bertz CT molecular complexity index is 1020. The third kappa shape index (κ3) is 5.62. The van der Waals surface area contributed by atoms with Crippen molar-refractivity contribution in [3.8, 4) is 0 Å². The predicted octanol–water partition coefficient (Wildman–Crippen LogP) is 6.16. The van der Waals surface area contributed by atoms with Gasteiger partial charge in [-0.2, -0.15) is 0 Å². The van der Waals surface area contributed by atoms with E-state index in [1.54, 1.807) is 47.7 Å². The van der Waals surface area contributed by atoms with Crippen LogP contribution in [0.4, 0.5) is 11.4 Å². The normalized spacial score (nSPS) is 10.6. The van der Waals surface area contributed by atoms with Gasteiger partial charge in [0.15, 0.2) is 0 Å². The van der Waals surface area contributed by atoms with Gasteiger partial charge in [-0.05, 0) is 54.3 Å². The molecule has 0 aliphatic rings. The number of aromatic carboxylic acids is 1. The molecular weight excluding hydrogens is 420 g/mol. The molecular formula is C23H23ClN2O3S. The lowest BCUT2D eigenvalue weighted by Crippen LogP contribution is -2.25. The highest BCUT2D eigenvalue weighted by Gasteiger charge is 2.18. The first-order valence-electron chi connectivity index (χ1n) is 9.69. The van der Waals surface area contributed by atoms with E-state index in [9.17, 15) is 14.7 Å². The monoisotopic (exact) mass is 442 g/mol. The van der Waals surface area contributed by atoms with Crippen LogP contribution in [0.25, 0.3) is 0 Å². The zero-order valence-electron chi connectivity index (χ0n) is 16.6. The molecule has 0 saturated carbocycles. The van der Waals surface area contributed by atoms with E-state index in [0.717, 1.165) is 19.4 Å². The Morgan fingerprint density at radius 1 is 1.13 bits per heavy atom. The number of amides is 1. The second-order valence-electron chi connectivity index (χ2n) is 6.86. The van der Waals surface area contributed by atoms with E-state index in [0.29, 0.717) is 28.5 Å². The van der Waals surface area contributed by atoms with Crippen molar-refractivity contribution in [1.82, 2.24) is 0 Å². The van der Waals surface area contributed by atoms with Crippen molar-refractivity contribution in [3.63, 3.8) is 0 Å². The summed E-state index contributed by atoms with van der Waals surface area (Å²) in [6.45, 7) is 3.50. The van der Waals surface area contributed by atoms with Gasteiger partial charge >= 0.3 is 5.97 Å². The first-order valence-corrected chi connectivity index (χ1v) is 10.9. The maximum absolute atomic E-state index is 12.5. The van der Waals surface area contributed by atoms with Gasteiger partial charge in [0.1, 0.15) is 0 Å². The number of carbonyl (C=O) groups is 2. The first kappa shape index (κ1) is 21.9. The molecule has 1 amide bonds. The van der Waals surface area contributed by atoms with Gasteiger partial charge < -0.3 is 15.3 Å². The van der Waals surface area contributed by atoms with Gasteiger partial charge in [-0.1, -0.05) is 37.1 Å². The van der Waals surface area contributed by atoms with Gasteiger partial charge in [0.25, 0.3) is 5.91 Å². The highest BCUT2D eigenvalue weighted by molar-refractivity contribution is 7.09. The maximum Gasteiger partial charge on any atom is 0.337 e. The van der Waals surface area contributed by atoms with Crippen LogP contribution in [0.15, 0.2) is 60.0 Å². The average molecular weight is 443 g/mol. The zero-order valence-corrected chi connectivity index (χ0v) is 18.2. The molecule has 5 nitrogen and oxygen atoms in total. The SMILES string of the molecule is CCCCN(Cc1cccs1)c1ccc(NC(=O)c2cccc(Cl)c2)cc1C(=O)O. The molecule has 2 aromatic carbocycles. The molecule has 0 spiro atoms. The van der Waals surface area contributed by atoms with Crippen molar-refractivity contribution < 1.29 is 14.7 Å². The lowest BCUT2D eigenvalue weighted by atomic mass is 10.1. The Labute approximate surface area is 184 Å². The summed E-state index contributed by atoms with van der Waals surface area (Å²) in [7, 11) is 0. The number of carbonyl (C=O) groups excluding carboxylic acids is 1. The number of halogens is 1. The number of benzene rings is 2. The standard InChI is InChI=1S/C23H23ClN2O3S/c1-2-3-11-26(15-19-8-5-12-30-19)21-10-9-18(14-20(21)23(28)29)25-22(27)16-6-4-7-17(24)13-16/h4-10,12-14H,2-3,11,15H2,1H3,(H,25,27)(H,28,29). The van der Waals surface area contributed by atoms with Crippen LogP contribution in [-0.2, 0) is 6.54 Å². The van der Waals surface area contributed by atoms with Gasteiger partial charge in [-0.25, -0.2) is 4.79 Å². The lowest BCUT2D eigenvalue weighted by Gasteiger charge is -2.26. The topological polar surface area (TPSA) is 69.6 Å². The molecule has 30 heavy (non-hydrogen) atoms. The summed E-state index contributed by atoms with van der Waals surface area (Å²) < 4.78 is 0. The lowest BCUT2D eigenvalue weighted by molar-refractivity contribution is 0.0697. The van der Waals surface area contributed by atoms with Gasteiger partial charge in [0.05, 0.1) is 17.8 Å². The molecule has 3 aromatic rings. The molecule has 2 N–H and O–H groups in total. The van der Waals surface area contributed by atoms with E-state index in [-0.39, 0.29) is 11.5 Å².